The molecule has 30 heavy (non-hydrogen) atoms. The van der Waals surface area contributed by atoms with Gasteiger partial charge in [-0.15, -0.1) is 0 Å². The highest BCUT2D eigenvalue weighted by Crippen LogP contribution is 2.29. The minimum atomic E-state index is -0.132. The summed E-state index contributed by atoms with van der Waals surface area (Å²) in [6.45, 7) is 12.5. The smallest absolute Gasteiger partial charge is 0.254 e. The minimum absolute atomic E-state index is 0.0497. The van der Waals surface area contributed by atoms with E-state index >= 15 is 0 Å². The van der Waals surface area contributed by atoms with Gasteiger partial charge in [0.15, 0.2) is 0 Å². The maximum absolute atomic E-state index is 12.9. The molecule has 6 nitrogen and oxygen atoms in total. The number of hydrogen-bond donors (Lipinski definition) is 2. The summed E-state index contributed by atoms with van der Waals surface area (Å²) in [5.41, 5.74) is 3.28. The van der Waals surface area contributed by atoms with Crippen LogP contribution in [0.25, 0.3) is 16.7 Å². The molecule has 1 fully saturated rings. The van der Waals surface area contributed by atoms with Gasteiger partial charge >= 0.3 is 0 Å². The first-order chi connectivity index (χ1) is 14.4. The quantitative estimate of drug-likeness (QED) is 0.655. The van der Waals surface area contributed by atoms with E-state index in [1.54, 1.807) is 0 Å². The molecule has 1 aromatic carbocycles. The van der Waals surface area contributed by atoms with E-state index in [1.807, 2.05) is 41.1 Å². The average molecular weight is 408 g/mol. The number of likely N-dealkylation sites (N-methyl/N-ethyl adjacent to an activating group) is 1. The highest BCUT2D eigenvalue weighted by Gasteiger charge is 2.25. The van der Waals surface area contributed by atoms with E-state index < -0.39 is 0 Å². The van der Waals surface area contributed by atoms with Gasteiger partial charge < -0.3 is 10.3 Å². The highest BCUT2D eigenvalue weighted by atomic mass is 16.1. The van der Waals surface area contributed by atoms with Crippen LogP contribution in [0.1, 0.15) is 51.8 Å². The molecule has 1 aliphatic heterocycles. The molecule has 1 aliphatic rings. The Morgan fingerprint density at radius 1 is 1.23 bits per heavy atom. The van der Waals surface area contributed by atoms with Crippen LogP contribution in [0.4, 0.5) is 0 Å². The predicted octanol–water partition coefficient (Wildman–Crippen LogP) is 3.59. The molecule has 0 saturated carbocycles. The van der Waals surface area contributed by atoms with Crippen molar-refractivity contribution in [3.8, 4) is 5.69 Å². The van der Waals surface area contributed by atoms with Crippen LogP contribution in [-0.4, -0.2) is 45.3 Å². The number of rotatable bonds is 6. The zero-order chi connectivity index (χ0) is 21.3. The number of para-hydroxylation sites is 1. The molecule has 3 aromatic rings. The van der Waals surface area contributed by atoms with Gasteiger partial charge in [0.2, 0.25) is 0 Å². The van der Waals surface area contributed by atoms with Gasteiger partial charge in [0, 0.05) is 35.5 Å². The molecule has 160 valence electrons. The Kier molecular flexibility index (Phi) is 5.80. The molecule has 0 amide bonds. The van der Waals surface area contributed by atoms with Crippen molar-refractivity contribution in [2.75, 3.05) is 19.6 Å². The molecule has 0 radical (unpaired) electrons. The van der Waals surface area contributed by atoms with E-state index in [0.717, 1.165) is 41.1 Å². The Hall–Kier alpha value is -2.44. The number of hydrogen-bond acceptors (Lipinski definition) is 4. The number of nitrogens with zero attached hydrogens (tertiary/aromatic N) is 3. The summed E-state index contributed by atoms with van der Waals surface area (Å²) in [4.78, 5) is 18.5. The van der Waals surface area contributed by atoms with Gasteiger partial charge in [-0.1, -0.05) is 45.9 Å². The summed E-state index contributed by atoms with van der Waals surface area (Å²) in [6, 6.07) is 12.6. The zero-order valence-electron chi connectivity index (χ0n) is 18.5. The molecular formula is C24H33N5O. The van der Waals surface area contributed by atoms with E-state index in [1.165, 1.54) is 19.4 Å². The maximum atomic E-state index is 12.9. The second-order valence-corrected chi connectivity index (χ2v) is 9.29. The second-order valence-electron chi connectivity index (χ2n) is 9.29. The predicted molar refractivity (Wildman–Crippen MR) is 122 cm³/mol. The van der Waals surface area contributed by atoms with Crippen molar-refractivity contribution in [1.82, 2.24) is 25.0 Å². The molecule has 6 heteroatoms. The van der Waals surface area contributed by atoms with Gasteiger partial charge in [-0.2, -0.15) is 5.10 Å². The van der Waals surface area contributed by atoms with Crippen molar-refractivity contribution in [3.05, 3.63) is 58.0 Å². The molecule has 3 heterocycles. The van der Waals surface area contributed by atoms with Gasteiger partial charge in [-0.3, -0.25) is 9.69 Å². The van der Waals surface area contributed by atoms with Gasteiger partial charge in [-0.05, 0) is 44.1 Å². The van der Waals surface area contributed by atoms with Crippen LogP contribution in [0.3, 0.4) is 0 Å². The molecule has 1 saturated heterocycles. The largest absolute Gasteiger partial charge is 0.311 e. The summed E-state index contributed by atoms with van der Waals surface area (Å²) in [5.74, 6) is 0. The summed E-state index contributed by atoms with van der Waals surface area (Å²) in [5, 5.41) is 9.43. The summed E-state index contributed by atoms with van der Waals surface area (Å²) < 4.78 is 1.85. The van der Waals surface area contributed by atoms with E-state index in [2.05, 4.69) is 42.9 Å². The molecule has 2 aromatic heterocycles. The Bertz CT molecular complexity index is 1060. The van der Waals surface area contributed by atoms with Crippen LogP contribution in [-0.2, 0) is 12.0 Å². The first-order valence-corrected chi connectivity index (χ1v) is 11.0. The van der Waals surface area contributed by atoms with E-state index in [9.17, 15) is 4.79 Å². The van der Waals surface area contributed by atoms with Crippen molar-refractivity contribution >= 4 is 11.0 Å². The standard InChI is InChI=1S/C24H33N5O/c1-5-28-13-9-12-19(28)16-25-15-17-14-20-21(24(2,3)4)27-29(22(20)26-23(17)30)18-10-7-6-8-11-18/h6-8,10-11,14,19,25H,5,9,12-13,15-16H2,1-4H3,(H,26,30). The van der Waals surface area contributed by atoms with Crippen molar-refractivity contribution in [2.24, 2.45) is 0 Å². The lowest BCUT2D eigenvalue weighted by Gasteiger charge is -2.22. The number of H-pyrrole nitrogens is 1. The Balaban J connectivity index is 1.66. The molecular weight excluding hydrogens is 374 g/mol. The van der Waals surface area contributed by atoms with Gasteiger partial charge in [0.1, 0.15) is 5.65 Å². The number of likely N-dealkylation sites (tertiary alicyclic amines) is 1. The minimum Gasteiger partial charge on any atom is -0.311 e. The van der Waals surface area contributed by atoms with Gasteiger partial charge in [-0.25, -0.2) is 4.68 Å². The number of aromatic amines is 1. The number of pyridine rings is 1. The Labute approximate surface area is 178 Å². The topological polar surface area (TPSA) is 66.0 Å². The number of nitrogens with one attached hydrogen (secondary N) is 2. The first kappa shape index (κ1) is 20.8. The van der Waals surface area contributed by atoms with Crippen molar-refractivity contribution in [3.63, 3.8) is 0 Å². The molecule has 0 aliphatic carbocycles. The average Bonchev–Trinajstić information content (AvgIpc) is 3.32. The summed E-state index contributed by atoms with van der Waals surface area (Å²) >= 11 is 0. The zero-order valence-corrected chi connectivity index (χ0v) is 18.5. The fourth-order valence-corrected chi connectivity index (χ4v) is 4.47. The maximum Gasteiger partial charge on any atom is 0.254 e. The third-order valence-corrected chi connectivity index (χ3v) is 6.08. The molecule has 4 rings (SSSR count). The Morgan fingerprint density at radius 2 is 2.00 bits per heavy atom. The number of fused-ring (bicyclic) bond motifs is 1. The molecule has 0 bridgehead atoms. The second kappa shape index (κ2) is 8.36. The van der Waals surface area contributed by atoms with E-state index in [4.69, 9.17) is 5.10 Å². The van der Waals surface area contributed by atoms with Crippen LogP contribution in [0, 0.1) is 0 Å². The molecule has 2 N–H and O–H groups in total. The first-order valence-electron chi connectivity index (χ1n) is 11.0. The monoisotopic (exact) mass is 407 g/mol. The van der Waals surface area contributed by atoms with Gasteiger partial charge in [0.05, 0.1) is 11.4 Å². The van der Waals surface area contributed by atoms with Crippen molar-refractivity contribution < 1.29 is 0 Å². The fourth-order valence-electron chi connectivity index (χ4n) is 4.47. The van der Waals surface area contributed by atoms with Crippen molar-refractivity contribution in [1.29, 1.82) is 0 Å². The Morgan fingerprint density at radius 3 is 2.70 bits per heavy atom. The van der Waals surface area contributed by atoms with Crippen molar-refractivity contribution in [2.45, 2.75) is 58.5 Å². The van der Waals surface area contributed by atoms with Crippen LogP contribution >= 0.6 is 0 Å². The highest BCUT2D eigenvalue weighted by molar-refractivity contribution is 5.81. The SMILES string of the molecule is CCN1CCCC1CNCc1cc2c(C(C)(C)C)nn(-c3ccccc3)c2[nH]c1=O. The van der Waals surface area contributed by atoms with Crippen LogP contribution in [0.2, 0.25) is 0 Å². The lowest BCUT2D eigenvalue weighted by atomic mass is 9.90. The molecule has 1 unspecified atom stereocenters. The third-order valence-electron chi connectivity index (χ3n) is 6.08. The van der Waals surface area contributed by atoms with Crippen LogP contribution < -0.4 is 10.9 Å². The van der Waals surface area contributed by atoms with Crippen LogP contribution in [0.15, 0.2) is 41.2 Å². The normalized spacial score (nSPS) is 17.8. The summed E-state index contributed by atoms with van der Waals surface area (Å²) in [7, 11) is 0. The molecule has 0 spiro atoms. The fraction of sp³-hybridized carbons (Fsp3) is 0.500. The third kappa shape index (κ3) is 4.07. The summed E-state index contributed by atoms with van der Waals surface area (Å²) in [6.07, 6.45) is 2.49. The van der Waals surface area contributed by atoms with E-state index in [-0.39, 0.29) is 11.0 Å². The van der Waals surface area contributed by atoms with Gasteiger partial charge in [0.25, 0.3) is 5.56 Å². The molecule has 1 atom stereocenters. The number of aromatic nitrogens is 3. The van der Waals surface area contributed by atoms with E-state index in [0.29, 0.717) is 12.6 Å². The number of benzene rings is 1. The lowest BCUT2D eigenvalue weighted by molar-refractivity contribution is 0.260. The lowest BCUT2D eigenvalue weighted by Crippen LogP contribution is -2.38. The van der Waals surface area contributed by atoms with Crippen LogP contribution in [0.5, 0.6) is 0 Å².